The Balaban J connectivity index is 1.87. The van der Waals surface area contributed by atoms with Crippen molar-refractivity contribution in [1.29, 1.82) is 5.26 Å². The SMILES string of the molecule is Cc1ccc2nc3c(c(C(=O)OCC(=O)NC(C)(C#N)C(C)C)c2c1)CCCC3. The van der Waals surface area contributed by atoms with E-state index in [0.29, 0.717) is 5.56 Å². The summed E-state index contributed by atoms with van der Waals surface area (Å²) < 4.78 is 5.39. The van der Waals surface area contributed by atoms with E-state index in [1.165, 1.54) is 0 Å². The Morgan fingerprint density at radius 3 is 2.72 bits per heavy atom. The normalized spacial score (nSPS) is 15.3. The Labute approximate surface area is 171 Å². The van der Waals surface area contributed by atoms with E-state index in [0.717, 1.165) is 53.4 Å². The van der Waals surface area contributed by atoms with E-state index in [1.54, 1.807) is 6.92 Å². The molecular formula is C23H27N3O3. The number of aryl methyl sites for hydroxylation is 2. The van der Waals surface area contributed by atoms with Crippen LogP contribution in [0.1, 0.15) is 60.8 Å². The Hall–Kier alpha value is -2.94. The highest BCUT2D eigenvalue weighted by Crippen LogP contribution is 2.30. The third-order valence-corrected chi connectivity index (χ3v) is 5.74. The number of pyridine rings is 1. The summed E-state index contributed by atoms with van der Waals surface area (Å²) in [5, 5.41) is 12.8. The van der Waals surface area contributed by atoms with E-state index >= 15 is 0 Å². The lowest BCUT2D eigenvalue weighted by Gasteiger charge is -2.27. The molecule has 0 saturated carbocycles. The third kappa shape index (κ3) is 4.24. The second-order valence-electron chi connectivity index (χ2n) is 8.23. The molecule has 1 aromatic carbocycles. The van der Waals surface area contributed by atoms with Gasteiger partial charge in [0.1, 0.15) is 5.54 Å². The van der Waals surface area contributed by atoms with Gasteiger partial charge in [-0.15, -0.1) is 0 Å². The lowest BCUT2D eigenvalue weighted by molar-refractivity contribution is -0.125. The number of rotatable bonds is 5. The average molecular weight is 393 g/mol. The number of carbonyl (C=O) groups excluding carboxylic acids is 2. The van der Waals surface area contributed by atoms with Gasteiger partial charge in [-0.2, -0.15) is 5.26 Å². The van der Waals surface area contributed by atoms with Gasteiger partial charge in [-0.3, -0.25) is 9.78 Å². The van der Waals surface area contributed by atoms with E-state index in [4.69, 9.17) is 9.72 Å². The number of fused-ring (bicyclic) bond motifs is 2. The Morgan fingerprint density at radius 2 is 2.03 bits per heavy atom. The van der Waals surface area contributed by atoms with Crippen molar-refractivity contribution in [3.05, 3.63) is 40.6 Å². The molecule has 1 aromatic heterocycles. The minimum Gasteiger partial charge on any atom is -0.452 e. The largest absolute Gasteiger partial charge is 0.452 e. The van der Waals surface area contributed by atoms with Gasteiger partial charge in [0.05, 0.1) is 17.1 Å². The summed E-state index contributed by atoms with van der Waals surface area (Å²) in [7, 11) is 0. The van der Waals surface area contributed by atoms with Crippen molar-refractivity contribution in [3.63, 3.8) is 0 Å². The van der Waals surface area contributed by atoms with Crippen LogP contribution in [0.25, 0.3) is 10.9 Å². The van der Waals surface area contributed by atoms with Gasteiger partial charge in [0, 0.05) is 11.1 Å². The average Bonchev–Trinajstić information content (AvgIpc) is 2.70. The van der Waals surface area contributed by atoms with Crippen molar-refractivity contribution in [2.24, 2.45) is 5.92 Å². The molecule has 0 saturated heterocycles. The van der Waals surface area contributed by atoms with Gasteiger partial charge in [0.15, 0.2) is 6.61 Å². The van der Waals surface area contributed by atoms with Gasteiger partial charge in [0.2, 0.25) is 0 Å². The van der Waals surface area contributed by atoms with Crippen LogP contribution in [0.2, 0.25) is 0 Å². The smallest absolute Gasteiger partial charge is 0.339 e. The number of nitriles is 1. The summed E-state index contributed by atoms with van der Waals surface area (Å²) >= 11 is 0. The maximum atomic E-state index is 13.0. The summed E-state index contributed by atoms with van der Waals surface area (Å²) in [5.74, 6) is -1.08. The predicted octanol–water partition coefficient (Wildman–Crippen LogP) is 3.63. The summed E-state index contributed by atoms with van der Waals surface area (Å²) in [6.07, 6.45) is 3.68. The first kappa shape index (κ1) is 20.8. The first-order chi connectivity index (χ1) is 13.7. The zero-order chi connectivity index (χ0) is 21.2. The zero-order valence-corrected chi connectivity index (χ0v) is 17.5. The number of ether oxygens (including phenoxy) is 1. The van der Waals surface area contributed by atoms with Gasteiger partial charge in [-0.25, -0.2) is 4.79 Å². The lowest BCUT2D eigenvalue weighted by Crippen LogP contribution is -2.50. The molecule has 3 rings (SSSR count). The van der Waals surface area contributed by atoms with Crippen LogP contribution < -0.4 is 5.32 Å². The van der Waals surface area contributed by atoms with Crippen LogP contribution in [0.15, 0.2) is 18.2 Å². The van der Waals surface area contributed by atoms with Gasteiger partial charge in [-0.1, -0.05) is 25.5 Å². The highest BCUT2D eigenvalue weighted by Gasteiger charge is 2.31. The molecule has 6 nitrogen and oxygen atoms in total. The maximum Gasteiger partial charge on any atom is 0.339 e. The van der Waals surface area contributed by atoms with E-state index in [-0.39, 0.29) is 5.92 Å². The quantitative estimate of drug-likeness (QED) is 0.783. The number of carbonyl (C=O) groups is 2. The number of nitrogens with zero attached hydrogens (tertiary/aromatic N) is 2. The van der Waals surface area contributed by atoms with Gasteiger partial charge < -0.3 is 10.1 Å². The molecule has 1 amide bonds. The summed E-state index contributed by atoms with van der Waals surface area (Å²) in [6, 6.07) is 7.96. The Kier molecular flexibility index (Phi) is 5.88. The molecule has 29 heavy (non-hydrogen) atoms. The fourth-order valence-corrected chi connectivity index (χ4v) is 3.60. The summed E-state index contributed by atoms with van der Waals surface area (Å²) in [4.78, 5) is 30.1. The van der Waals surface area contributed by atoms with E-state index < -0.39 is 24.0 Å². The van der Waals surface area contributed by atoms with Crippen LogP contribution in [0.4, 0.5) is 0 Å². The highest BCUT2D eigenvalue weighted by molar-refractivity contribution is 6.05. The second kappa shape index (κ2) is 8.20. The molecule has 1 aliphatic carbocycles. The summed E-state index contributed by atoms with van der Waals surface area (Å²) in [6.45, 7) is 6.91. The van der Waals surface area contributed by atoms with Crippen molar-refractivity contribution in [2.45, 2.75) is 58.9 Å². The first-order valence-corrected chi connectivity index (χ1v) is 10.1. The monoisotopic (exact) mass is 393 g/mol. The molecule has 0 spiro atoms. The third-order valence-electron chi connectivity index (χ3n) is 5.74. The van der Waals surface area contributed by atoms with Crippen LogP contribution in [0.3, 0.4) is 0 Å². The van der Waals surface area contributed by atoms with E-state index in [1.807, 2.05) is 39.0 Å². The van der Waals surface area contributed by atoms with E-state index in [2.05, 4.69) is 11.4 Å². The van der Waals surface area contributed by atoms with Gasteiger partial charge in [0.25, 0.3) is 5.91 Å². The fourth-order valence-electron chi connectivity index (χ4n) is 3.60. The van der Waals surface area contributed by atoms with Crippen molar-refractivity contribution in [2.75, 3.05) is 6.61 Å². The Bertz CT molecular complexity index is 1010. The predicted molar refractivity (Wildman–Crippen MR) is 110 cm³/mol. The van der Waals surface area contributed by atoms with Crippen molar-refractivity contribution < 1.29 is 14.3 Å². The standard InChI is InChI=1S/C23H27N3O3/c1-14(2)23(4,13-24)26-20(27)12-29-22(28)21-16-7-5-6-8-18(16)25-19-10-9-15(3)11-17(19)21/h9-11,14H,5-8,12H2,1-4H3,(H,26,27). The van der Waals surface area contributed by atoms with Crippen molar-refractivity contribution in [3.8, 4) is 6.07 Å². The topological polar surface area (TPSA) is 92.1 Å². The van der Waals surface area contributed by atoms with Gasteiger partial charge in [-0.05, 0) is 63.1 Å². The summed E-state index contributed by atoms with van der Waals surface area (Å²) in [5.41, 5.74) is 3.19. The minimum atomic E-state index is -1.01. The molecule has 1 N–H and O–H groups in total. The first-order valence-electron chi connectivity index (χ1n) is 10.1. The fraction of sp³-hybridized carbons (Fsp3) is 0.478. The highest BCUT2D eigenvalue weighted by atomic mass is 16.5. The molecule has 2 aromatic rings. The molecule has 0 aliphatic heterocycles. The molecule has 152 valence electrons. The number of esters is 1. The number of benzene rings is 1. The molecule has 1 heterocycles. The molecule has 0 fully saturated rings. The van der Waals surface area contributed by atoms with Crippen molar-refractivity contribution >= 4 is 22.8 Å². The van der Waals surface area contributed by atoms with Gasteiger partial charge >= 0.3 is 5.97 Å². The van der Waals surface area contributed by atoms with Crippen LogP contribution in [-0.2, 0) is 22.4 Å². The van der Waals surface area contributed by atoms with Crippen molar-refractivity contribution in [1.82, 2.24) is 10.3 Å². The zero-order valence-electron chi connectivity index (χ0n) is 17.5. The lowest BCUT2D eigenvalue weighted by atomic mass is 9.89. The number of amides is 1. The van der Waals surface area contributed by atoms with Crippen LogP contribution in [-0.4, -0.2) is 29.0 Å². The number of aromatic nitrogens is 1. The number of nitrogens with one attached hydrogen (secondary N) is 1. The molecule has 1 unspecified atom stereocenters. The number of hydrogen-bond donors (Lipinski definition) is 1. The number of hydrogen-bond acceptors (Lipinski definition) is 5. The van der Waals surface area contributed by atoms with E-state index in [9.17, 15) is 14.9 Å². The van der Waals surface area contributed by atoms with Crippen LogP contribution in [0.5, 0.6) is 0 Å². The molecular weight excluding hydrogens is 366 g/mol. The molecule has 1 aliphatic rings. The molecule has 6 heteroatoms. The molecule has 1 atom stereocenters. The van der Waals surface area contributed by atoms with Crippen LogP contribution in [0, 0.1) is 24.2 Å². The molecule has 0 bridgehead atoms. The molecule has 0 radical (unpaired) electrons. The second-order valence-corrected chi connectivity index (χ2v) is 8.23. The Morgan fingerprint density at radius 1 is 1.31 bits per heavy atom. The minimum absolute atomic E-state index is 0.0775. The van der Waals surface area contributed by atoms with Crippen LogP contribution >= 0.6 is 0 Å². The maximum absolute atomic E-state index is 13.0.